The first-order valence-electron chi connectivity index (χ1n) is 11.0. The Kier molecular flexibility index (Phi) is 8.66. The topological polar surface area (TPSA) is 112 Å². The fourth-order valence-corrected chi connectivity index (χ4v) is 4.50. The van der Waals surface area contributed by atoms with Gasteiger partial charge in [0.2, 0.25) is 11.8 Å². The van der Waals surface area contributed by atoms with Crippen molar-refractivity contribution in [3.05, 3.63) is 29.0 Å². The molecule has 3 heterocycles. The Bertz CT molecular complexity index is 767. The molecule has 0 bridgehead atoms. The summed E-state index contributed by atoms with van der Waals surface area (Å²) in [6, 6.07) is 2.54. The predicted molar refractivity (Wildman–Crippen MR) is 117 cm³/mol. The smallest absolute Gasteiger partial charge is 0.305 e. The maximum atomic E-state index is 12.9. The molecule has 3 rings (SSSR count). The summed E-state index contributed by atoms with van der Waals surface area (Å²) < 4.78 is 0. The highest BCUT2D eigenvalue weighted by molar-refractivity contribution is 6.29. The van der Waals surface area contributed by atoms with Crippen molar-refractivity contribution in [2.24, 2.45) is 11.8 Å². The minimum absolute atomic E-state index is 0.111. The number of halogens is 1. The van der Waals surface area contributed by atoms with Gasteiger partial charge in [-0.05, 0) is 62.7 Å². The molecule has 2 atom stereocenters. The number of aromatic nitrogens is 1. The second-order valence-electron chi connectivity index (χ2n) is 8.48. The zero-order chi connectivity index (χ0) is 22.2. The molecule has 0 radical (unpaired) electrons. The number of hydrogen-bond donors (Lipinski definition) is 3. The van der Waals surface area contributed by atoms with Gasteiger partial charge in [0, 0.05) is 25.7 Å². The molecule has 2 fully saturated rings. The highest BCUT2D eigenvalue weighted by atomic mass is 35.5. The molecule has 2 aliphatic heterocycles. The molecular weight excluding hydrogens is 420 g/mol. The Labute approximate surface area is 187 Å². The molecule has 1 aromatic rings. The maximum Gasteiger partial charge on any atom is 0.305 e. The van der Waals surface area contributed by atoms with Crippen LogP contribution in [0.1, 0.15) is 56.6 Å². The second kappa shape index (κ2) is 11.4. The van der Waals surface area contributed by atoms with Crippen molar-refractivity contribution in [1.82, 2.24) is 20.5 Å². The van der Waals surface area contributed by atoms with Gasteiger partial charge < -0.3 is 20.6 Å². The second-order valence-corrected chi connectivity index (χ2v) is 8.87. The molecule has 2 aliphatic rings. The lowest BCUT2D eigenvalue weighted by molar-refractivity contribution is -0.138. The standard InChI is InChI=1S/C22H31ClN4O4/c23-19-5-4-16(13-25-19)18(12-21(29)30)26-22(31)17-2-1-11-27(14-17)20(28)6-3-15-7-9-24-10-8-15/h4-5,13,15,17-18,24H,1-3,6-12,14H2,(H,26,31)(H,29,30)/t17-,18+/m1/s1. The van der Waals surface area contributed by atoms with Crippen LogP contribution in [0.3, 0.4) is 0 Å². The Morgan fingerprint density at radius 3 is 2.71 bits per heavy atom. The molecule has 9 heteroatoms. The highest BCUT2D eigenvalue weighted by Gasteiger charge is 2.30. The van der Waals surface area contributed by atoms with E-state index in [-0.39, 0.29) is 24.2 Å². The molecule has 2 amide bonds. The van der Waals surface area contributed by atoms with Crippen LogP contribution in [0.2, 0.25) is 5.15 Å². The zero-order valence-corrected chi connectivity index (χ0v) is 18.4. The van der Waals surface area contributed by atoms with Gasteiger partial charge in [-0.15, -0.1) is 0 Å². The number of carboxylic acid groups (broad SMARTS) is 1. The van der Waals surface area contributed by atoms with Crippen LogP contribution in [0, 0.1) is 11.8 Å². The monoisotopic (exact) mass is 450 g/mol. The number of carbonyl (C=O) groups excluding carboxylic acids is 2. The van der Waals surface area contributed by atoms with Crippen molar-refractivity contribution in [2.45, 2.75) is 51.0 Å². The molecule has 170 valence electrons. The number of piperidine rings is 2. The number of carboxylic acids is 1. The first-order chi connectivity index (χ1) is 14.9. The van der Waals surface area contributed by atoms with Crippen LogP contribution in [0.5, 0.6) is 0 Å². The van der Waals surface area contributed by atoms with E-state index in [1.54, 1.807) is 17.0 Å². The average molecular weight is 451 g/mol. The predicted octanol–water partition coefficient (Wildman–Crippen LogP) is 2.39. The summed E-state index contributed by atoms with van der Waals surface area (Å²) in [5.74, 6) is -0.873. The van der Waals surface area contributed by atoms with Crippen LogP contribution in [-0.4, -0.2) is 59.0 Å². The van der Waals surface area contributed by atoms with Gasteiger partial charge >= 0.3 is 5.97 Å². The van der Waals surface area contributed by atoms with Gasteiger partial charge in [0.1, 0.15) is 5.15 Å². The van der Waals surface area contributed by atoms with Crippen LogP contribution in [-0.2, 0) is 14.4 Å². The van der Waals surface area contributed by atoms with Gasteiger partial charge in [0.05, 0.1) is 18.4 Å². The summed E-state index contributed by atoms with van der Waals surface area (Å²) in [6.45, 7) is 3.10. The van der Waals surface area contributed by atoms with Crippen LogP contribution in [0.4, 0.5) is 0 Å². The molecule has 0 saturated carbocycles. The van der Waals surface area contributed by atoms with Crippen molar-refractivity contribution in [3.8, 4) is 0 Å². The summed E-state index contributed by atoms with van der Waals surface area (Å²) in [7, 11) is 0. The molecule has 0 aromatic carbocycles. The van der Waals surface area contributed by atoms with Crippen molar-refractivity contribution in [2.75, 3.05) is 26.2 Å². The van der Waals surface area contributed by atoms with Crippen LogP contribution in [0.15, 0.2) is 18.3 Å². The molecule has 31 heavy (non-hydrogen) atoms. The lowest BCUT2D eigenvalue weighted by Crippen LogP contribution is -2.46. The van der Waals surface area contributed by atoms with Crippen molar-refractivity contribution < 1.29 is 19.5 Å². The molecule has 8 nitrogen and oxygen atoms in total. The van der Waals surface area contributed by atoms with Crippen LogP contribution < -0.4 is 10.6 Å². The lowest BCUT2D eigenvalue weighted by Gasteiger charge is -2.33. The molecule has 0 unspecified atom stereocenters. The van der Waals surface area contributed by atoms with E-state index < -0.39 is 12.0 Å². The summed E-state index contributed by atoms with van der Waals surface area (Å²) in [4.78, 5) is 42.7. The van der Waals surface area contributed by atoms with Gasteiger partial charge in [0.25, 0.3) is 0 Å². The van der Waals surface area contributed by atoms with E-state index in [9.17, 15) is 19.5 Å². The Balaban J connectivity index is 1.55. The fourth-order valence-electron chi connectivity index (χ4n) is 4.38. The third kappa shape index (κ3) is 7.18. The van der Waals surface area contributed by atoms with Crippen molar-refractivity contribution >= 4 is 29.4 Å². The highest BCUT2D eigenvalue weighted by Crippen LogP contribution is 2.23. The molecule has 0 aliphatic carbocycles. The van der Waals surface area contributed by atoms with E-state index in [4.69, 9.17) is 11.6 Å². The SMILES string of the molecule is O=C(O)C[C@H](NC(=O)[C@@H]1CCCN(C(=O)CCC2CCNCC2)C1)c1ccc(Cl)nc1. The largest absolute Gasteiger partial charge is 0.481 e. The summed E-state index contributed by atoms with van der Waals surface area (Å²) >= 11 is 5.82. The van der Waals surface area contributed by atoms with E-state index in [1.807, 2.05) is 0 Å². The zero-order valence-electron chi connectivity index (χ0n) is 17.7. The van der Waals surface area contributed by atoms with Crippen LogP contribution in [0.25, 0.3) is 0 Å². The number of pyridine rings is 1. The Hall–Kier alpha value is -2.19. The first kappa shape index (κ1) is 23.5. The molecular formula is C22H31ClN4O4. The number of carbonyl (C=O) groups is 3. The number of rotatable bonds is 8. The normalized spacial score (nSPS) is 20.8. The van der Waals surface area contributed by atoms with Gasteiger partial charge in [0.15, 0.2) is 0 Å². The lowest BCUT2D eigenvalue weighted by atomic mass is 9.92. The minimum Gasteiger partial charge on any atom is -0.481 e. The summed E-state index contributed by atoms with van der Waals surface area (Å²) in [5, 5.41) is 15.7. The quantitative estimate of drug-likeness (QED) is 0.524. The van der Waals surface area contributed by atoms with E-state index in [0.29, 0.717) is 42.6 Å². The van der Waals surface area contributed by atoms with Gasteiger partial charge in [-0.25, -0.2) is 4.98 Å². The maximum absolute atomic E-state index is 12.9. The number of hydrogen-bond acceptors (Lipinski definition) is 5. The third-order valence-electron chi connectivity index (χ3n) is 6.22. The number of likely N-dealkylation sites (tertiary alicyclic amines) is 1. The summed E-state index contributed by atoms with van der Waals surface area (Å²) in [5.41, 5.74) is 0.589. The van der Waals surface area contributed by atoms with Gasteiger partial charge in [-0.2, -0.15) is 0 Å². The van der Waals surface area contributed by atoms with Crippen LogP contribution >= 0.6 is 11.6 Å². The number of nitrogens with zero attached hydrogens (tertiary/aromatic N) is 2. The van der Waals surface area contributed by atoms with E-state index in [1.165, 1.54) is 6.20 Å². The number of nitrogens with one attached hydrogen (secondary N) is 2. The Morgan fingerprint density at radius 2 is 2.03 bits per heavy atom. The molecule has 3 N–H and O–H groups in total. The molecule has 0 spiro atoms. The molecule has 1 aromatic heterocycles. The van der Waals surface area contributed by atoms with Gasteiger partial charge in [-0.1, -0.05) is 17.7 Å². The molecule has 2 saturated heterocycles. The number of amides is 2. The summed E-state index contributed by atoms with van der Waals surface area (Å²) in [6.07, 6.45) is 6.33. The van der Waals surface area contributed by atoms with E-state index >= 15 is 0 Å². The van der Waals surface area contributed by atoms with E-state index in [0.717, 1.165) is 38.8 Å². The Morgan fingerprint density at radius 1 is 1.26 bits per heavy atom. The minimum atomic E-state index is -1.02. The third-order valence-corrected chi connectivity index (χ3v) is 6.44. The average Bonchev–Trinajstić information content (AvgIpc) is 2.78. The van der Waals surface area contributed by atoms with Gasteiger partial charge in [-0.3, -0.25) is 14.4 Å². The first-order valence-corrected chi connectivity index (χ1v) is 11.4. The fraction of sp³-hybridized carbons (Fsp3) is 0.636. The number of aliphatic carboxylic acids is 1. The van der Waals surface area contributed by atoms with Crippen molar-refractivity contribution in [1.29, 1.82) is 0 Å². The van der Waals surface area contributed by atoms with Crippen molar-refractivity contribution in [3.63, 3.8) is 0 Å². The van der Waals surface area contributed by atoms with E-state index in [2.05, 4.69) is 15.6 Å².